The Bertz CT molecular complexity index is 814. The second-order valence-corrected chi connectivity index (χ2v) is 7.68. The minimum atomic E-state index is -0.383. The van der Waals surface area contributed by atoms with Gasteiger partial charge in [0.25, 0.3) is 0 Å². The fourth-order valence-corrected chi connectivity index (χ4v) is 3.53. The Hall–Kier alpha value is -2.29. The minimum absolute atomic E-state index is 0.138. The number of carbonyl (C=O) groups is 1. The first-order valence-corrected chi connectivity index (χ1v) is 10.2. The van der Waals surface area contributed by atoms with E-state index in [4.69, 9.17) is 9.47 Å². The van der Waals surface area contributed by atoms with Crippen molar-refractivity contribution >= 4 is 22.5 Å². The molecule has 3 rings (SSSR count). The van der Waals surface area contributed by atoms with Crippen LogP contribution in [0.1, 0.15) is 70.1 Å². The summed E-state index contributed by atoms with van der Waals surface area (Å²) >= 11 is 0. The van der Waals surface area contributed by atoms with Gasteiger partial charge in [-0.2, -0.15) is 0 Å². The summed E-state index contributed by atoms with van der Waals surface area (Å²) in [7, 11) is 0. The molecular formula is C24H30O3. The number of hydrogen-bond donors (Lipinski definition) is 0. The van der Waals surface area contributed by atoms with E-state index in [0.29, 0.717) is 18.9 Å². The van der Waals surface area contributed by atoms with Crippen LogP contribution in [-0.2, 0) is 14.3 Å². The van der Waals surface area contributed by atoms with Crippen molar-refractivity contribution in [2.45, 2.75) is 59.0 Å². The molecule has 2 aromatic carbocycles. The molecule has 0 N–H and O–H groups in total. The van der Waals surface area contributed by atoms with Gasteiger partial charge < -0.3 is 9.47 Å². The van der Waals surface area contributed by atoms with Gasteiger partial charge in [-0.1, -0.05) is 70.0 Å². The Kier molecular flexibility index (Phi) is 6.54. The zero-order valence-electron chi connectivity index (χ0n) is 16.7. The zero-order chi connectivity index (χ0) is 19.2. The highest BCUT2D eigenvalue weighted by Gasteiger charge is 2.25. The highest BCUT2D eigenvalue weighted by atomic mass is 16.5. The van der Waals surface area contributed by atoms with E-state index in [9.17, 15) is 4.79 Å². The lowest BCUT2D eigenvalue weighted by molar-refractivity contribution is -0.147. The van der Waals surface area contributed by atoms with Crippen molar-refractivity contribution in [2.24, 2.45) is 5.92 Å². The van der Waals surface area contributed by atoms with Crippen LogP contribution in [0, 0.1) is 5.92 Å². The maximum atomic E-state index is 12.4. The van der Waals surface area contributed by atoms with E-state index in [-0.39, 0.29) is 12.1 Å². The average molecular weight is 367 g/mol. The Balaban J connectivity index is 1.84. The SMILES string of the molecule is CCCCOC1=CC(OC(=O)CCCC(C)C)c2cccc3cccc1c23. The van der Waals surface area contributed by atoms with Crippen molar-refractivity contribution in [1.29, 1.82) is 0 Å². The Morgan fingerprint density at radius 3 is 2.63 bits per heavy atom. The van der Waals surface area contributed by atoms with Gasteiger partial charge >= 0.3 is 5.97 Å². The van der Waals surface area contributed by atoms with E-state index in [1.807, 2.05) is 12.1 Å². The summed E-state index contributed by atoms with van der Waals surface area (Å²) < 4.78 is 11.9. The van der Waals surface area contributed by atoms with Crippen molar-refractivity contribution in [1.82, 2.24) is 0 Å². The highest BCUT2D eigenvalue weighted by Crippen LogP contribution is 2.39. The molecule has 0 radical (unpaired) electrons. The number of benzene rings is 2. The lowest BCUT2D eigenvalue weighted by Gasteiger charge is -2.25. The normalized spacial score (nSPS) is 15.7. The van der Waals surface area contributed by atoms with E-state index < -0.39 is 0 Å². The minimum Gasteiger partial charge on any atom is -0.493 e. The summed E-state index contributed by atoms with van der Waals surface area (Å²) in [5, 5.41) is 2.28. The maximum absolute atomic E-state index is 12.4. The summed E-state index contributed by atoms with van der Waals surface area (Å²) in [4.78, 5) is 12.4. The molecule has 2 aromatic rings. The first-order valence-electron chi connectivity index (χ1n) is 10.2. The molecule has 0 saturated heterocycles. The summed E-state index contributed by atoms with van der Waals surface area (Å²) in [5.41, 5.74) is 2.13. The summed E-state index contributed by atoms with van der Waals surface area (Å²) in [6.45, 7) is 7.17. The first-order chi connectivity index (χ1) is 13.1. The van der Waals surface area contributed by atoms with Crippen molar-refractivity contribution in [2.75, 3.05) is 6.61 Å². The lowest BCUT2D eigenvalue weighted by atomic mass is 9.90. The third-order valence-corrected chi connectivity index (χ3v) is 4.99. The van der Waals surface area contributed by atoms with E-state index in [1.54, 1.807) is 0 Å². The van der Waals surface area contributed by atoms with Gasteiger partial charge in [0.2, 0.25) is 0 Å². The summed E-state index contributed by atoms with van der Waals surface area (Å²) in [6.07, 6.45) is 6.05. The predicted octanol–water partition coefficient (Wildman–Crippen LogP) is 6.42. The largest absolute Gasteiger partial charge is 0.493 e. The predicted molar refractivity (Wildman–Crippen MR) is 110 cm³/mol. The highest BCUT2D eigenvalue weighted by molar-refractivity contribution is 5.97. The molecule has 3 heteroatoms. The fraction of sp³-hybridized carbons (Fsp3) is 0.458. The molecule has 1 atom stereocenters. The van der Waals surface area contributed by atoms with Gasteiger partial charge in [0.05, 0.1) is 6.61 Å². The van der Waals surface area contributed by atoms with Crippen LogP contribution in [-0.4, -0.2) is 12.6 Å². The molecule has 0 saturated carbocycles. The molecule has 0 fully saturated rings. The van der Waals surface area contributed by atoms with Crippen LogP contribution in [0.15, 0.2) is 42.5 Å². The molecule has 27 heavy (non-hydrogen) atoms. The average Bonchev–Trinajstić information content (AvgIpc) is 2.65. The van der Waals surface area contributed by atoms with Crippen LogP contribution < -0.4 is 0 Å². The van der Waals surface area contributed by atoms with E-state index in [1.165, 1.54) is 0 Å². The third-order valence-electron chi connectivity index (χ3n) is 4.99. The molecule has 1 aliphatic rings. The van der Waals surface area contributed by atoms with Gasteiger partial charge in [-0.15, -0.1) is 0 Å². The fourth-order valence-electron chi connectivity index (χ4n) is 3.53. The summed E-state index contributed by atoms with van der Waals surface area (Å²) in [6, 6.07) is 12.4. The second kappa shape index (κ2) is 9.07. The van der Waals surface area contributed by atoms with Gasteiger partial charge in [-0.3, -0.25) is 4.79 Å². The Morgan fingerprint density at radius 1 is 1.11 bits per heavy atom. The molecule has 0 aliphatic heterocycles. The molecule has 0 spiro atoms. The Morgan fingerprint density at radius 2 is 1.89 bits per heavy atom. The molecule has 0 amide bonds. The molecule has 0 aromatic heterocycles. The molecule has 0 bridgehead atoms. The van der Waals surface area contributed by atoms with Crippen LogP contribution in [0.4, 0.5) is 0 Å². The van der Waals surface area contributed by atoms with Crippen LogP contribution in [0.2, 0.25) is 0 Å². The van der Waals surface area contributed by atoms with Crippen LogP contribution in [0.25, 0.3) is 16.5 Å². The molecule has 0 heterocycles. The quantitative estimate of drug-likeness (QED) is 0.379. The van der Waals surface area contributed by atoms with Crippen LogP contribution >= 0.6 is 0 Å². The number of unbranched alkanes of at least 4 members (excludes halogenated alkanes) is 1. The lowest BCUT2D eigenvalue weighted by Crippen LogP contribution is -2.14. The molecule has 144 valence electrons. The van der Waals surface area contributed by atoms with Crippen molar-refractivity contribution in [3.63, 3.8) is 0 Å². The van der Waals surface area contributed by atoms with Gasteiger partial charge in [0.15, 0.2) is 0 Å². The van der Waals surface area contributed by atoms with E-state index >= 15 is 0 Å². The molecule has 1 aliphatic carbocycles. The van der Waals surface area contributed by atoms with Crippen molar-refractivity contribution < 1.29 is 14.3 Å². The second-order valence-electron chi connectivity index (χ2n) is 7.68. The molecular weight excluding hydrogens is 336 g/mol. The standard InChI is InChI=1S/C24H30O3/c1-4-5-15-26-21-16-22(27-23(25)14-6-9-17(2)3)20-13-8-11-18-10-7-12-19(21)24(18)20/h7-8,10-13,16-17,22H,4-6,9,14-15H2,1-3H3. The van der Waals surface area contributed by atoms with Crippen LogP contribution in [0.3, 0.4) is 0 Å². The van der Waals surface area contributed by atoms with E-state index in [2.05, 4.69) is 51.1 Å². The monoisotopic (exact) mass is 366 g/mol. The molecule has 3 nitrogen and oxygen atoms in total. The topological polar surface area (TPSA) is 35.5 Å². The smallest absolute Gasteiger partial charge is 0.306 e. The third kappa shape index (κ3) is 4.71. The number of rotatable bonds is 9. The van der Waals surface area contributed by atoms with E-state index in [0.717, 1.165) is 53.3 Å². The van der Waals surface area contributed by atoms with Gasteiger partial charge in [0, 0.05) is 23.6 Å². The first kappa shape index (κ1) is 19.5. The van der Waals surface area contributed by atoms with Crippen molar-refractivity contribution in [3.8, 4) is 0 Å². The number of esters is 1. The number of hydrogen-bond acceptors (Lipinski definition) is 3. The van der Waals surface area contributed by atoms with Gasteiger partial charge in [-0.25, -0.2) is 0 Å². The van der Waals surface area contributed by atoms with Gasteiger partial charge in [0.1, 0.15) is 11.9 Å². The van der Waals surface area contributed by atoms with Gasteiger partial charge in [-0.05, 0) is 29.5 Å². The summed E-state index contributed by atoms with van der Waals surface area (Å²) in [5.74, 6) is 1.29. The maximum Gasteiger partial charge on any atom is 0.306 e. The van der Waals surface area contributed by atoms with Crippen LogP contribution in [0.5, 0.6) is 0 Å². The zero-order valence-corrected chi connectivity index (χ0v) is 16.7. The number of ether oxygens (including phenoxy) is 2. The number of carbonyl (C=O) groups excluding carboxylic acids is 1. The molecule has 1 unspecified atom stereocenters. The van der Waals surface area contributed by atoms with Crippen molar-refractivity contribution in [3.05, 3.63) is 53.6 Å². The Labute approximate surface area is 162 Å².